The van der Waals surface area contributed by atoms with Crippen LogP contribution < -0.4 is 4.74 Å². The van der Waals surface area contributed by atoms with Crippen LogP contribution >= 0.6 is 0 Å². The molecule has 0 aliphatic heterocycles. The van der Waals surface area contributed by atoms with Crippen molar-refractivity contribution in [1.82, 2.24) is 20.0 Å². The summed E-state index contributed by atoms with van der Waals surface area (Å²) in [5.41, 5.74) is 0.180. The Hall–Kier alpha value is -2.44. The van der Waals surface area contributed by atoms with Crippen LogP contribution in [0.15, 0.2) is 24.5 Å². The number of aromatic nitrogens is 4. The van der Waals surface area contributed by atoms with Crippen molar-refractivity contribution >= 4 is 5.97 Å². The topological polar surface area (TPSA) is 90.1 Å². The summed E-state index contributed by atoms with van der Waals surface area (Å²) in [7, 11) is 1.45. The number of carboxylic acid groups (broad SMARTS) is 1. The molecule has 0 saturated carbocycles. The lowest BCUT2D eigenvalue weighted by atomic mass is 10.3. The van der Waals surface area contributed by atoms with E-state index in [1.807, 2.05) is 0 Å². The van der Waals surface area contributed by atoms with Crippen LogP contribution in [0.5, 0.6) is 5.88 Å². The first-order chi connectivity index (χ1) is 7.72. The van der Waals surface area contributed by atoms with E-state index in [1.54, 1.807) is 12.1 Å². The van der Waals surface area contributed by atoms with Gasteiger partial charge in [-0.1, -0.05) is 0 Å². The number of methoxy groups -OCH3 is 1. The van der Waals surface area contributed by atoms with E-state index >= 15 is 0 Å². The molecule has 0 radical (unpaired) electrons. The van der Waals surface area contributed by atoms with Crippen LogP contribution in [0.3, 0.4) is 0 Å². The Balaban J connectivity index is 2.50. The molecule has 0 aromatic carbocycles. The number of hydrogen-bond donors (Lipinski definition) is 1. The molecule has 7 nitrogen and oxygen atoms in total. The van der Waals surface area contributed by atoms with Crippen molar-refractivity contribution in [2.75, 3.05) is 7.11 Å². The number of nitrogens with zero attached hydrogens (tertiary/aromatic N) is 4. The maximum Gasteiger partial charge on any atom is 0.356 e. The quantitative estimate of drug-likeness (QED) is 0.803. The van der Waals surface area contributed by atoms with Crippen LogP contribution in [0.1, 0.15) is 10.5 Å². The van der Waals surface area contributed by atoms with Crippen molar-refractivity contribution < 1.29 is 14.6 Å². The highest BCUT2D eigenvalue weighted by Crippen LogP contribution is 2.11. The van der Waals surface area contributed by atoms with E-state index in [2.05, 4.69) is 15.2 Å². The fraction of sp³-hybridized carbons (Fsp3) is 0.111. The van der Waals surface area contributed by atoms with E-state index in [0.717, 1.165) is 4.80 Å². The average molecular weight is 220 g/mol. The monoisotopic (exact) mass is 220 g/mol. The van der Waals surface area contributed by atoms with Crippen LogP contribution in [-0.4, -0.2) is 38.2 Å². The molecule has 2 rings (SSSR count). The van der Waals surface area contributed by atoms with Crippen molar-refractivity contribution in [2.24, 2.45) is 0 Å². The minimum absolute atomic E-state index is 0.110. The third kappa shape index (κ3) is 1.70. The summed E-state index contributed by atoms with van der Waals surface area (Å²) < 4.78 is 4.85. The van der Waals surface area contributed by atoms with Crippen LogP contribution in [0.4, 0.5) is 0 Å². The summed E-state index contributed by atoms with van der Waals surface area (Å²) in [6.07, 6.45) is 2.78. The zero-order chi connectivity index (χ0) is 11.5. The van der Waals surface area contributed by atoms with Gasteiger partial charge in [0.05, 0.1) is 7.11 Å². The predicted molar refractivity (Wildman–Crippen MR) is 52.7 cm³/mol. The van der Waals surface area contributed by atoms with E-state index in [-0.39, 0.29) is 5.69 Å². The second-order valence-corrected chi connectivity index (χ2v) is 2.85. The Bertz CT molecular complexity index is 523. The van der Waals surface area contributed by atoms with Crippen LogP contribution in [0.2, 0.25) is 0 Å². The third-order valence-electron chi connectivity index (χ3n) is 1.88. The van der Waals surface area contributed by atoms with Gasteiger partial charge in [-0.2, -0.15) is 5.10 Å². The van der Waals surface area contributed by atoms with Gasteiger partial charge in [-0.05, 0) is 12.1 Å². The first-order valence-corrected chi connectivity index (χ1v) is 4.37. The van der Waals surface area contributed by atoms with E-state index in [0.29, 0.717) is 11.6 Å². The predicted octanol–water partition coefficient (Wildman–Crippen LogP) is 0.369. The van der Waals surface area contributed by atoms with Crippen LogP contribution in [0.25, 0.3) is 5.69 Å². The van der Waals surface area contributed by atoms with Gasteiger partial charge in [0, 0.05) is 6.20 Å². The van der Waals surface area contributed by atoms with E-state index in [1.165, 1.54) is 19.5 Å². The van der Waals surface area contributed by atoms with Gasteiger partial charge in [-0.25, -0.2) is 9.78 Å². The maximum atomic E-state index is 10.9. The minimum atomic E-state index is -1.13. The second kappa shape index (κ2) is 3.97. The first kappa shape index (κ1) is 10.1. The molecule has 7 heteroatoms. The van der Waals surface area contributed by atoms with Gasteiger partial charge in [-0.3, -0.25) is 0 Å². The van der Waals surface area contributed by atoms with Crippen molar-refractivity contribution in [2.45, 2.75) is 0 Å². The molecule has 0 fully saturated rings. The number of carboxylic acids is 1. The molecule has 0 amide bonds. The number of ether oxygens (including phenoxy) is 1. The normalized spacial score (nSPS) is 10.1. The van der Waals surface area contributed by atoms with Crippen molar-refractivity contribution in [3.8, 4) is 11.6 Å². The highest BCUT2D eigenvalue weighted by Gasteiger charge is 2.14. The molecular formula is C9H8N4O3. The van der Waals surface area contributed by atoms with Crippen molar-refractivity contribution in [1.29, 1.82) is 0 Å². The molecule has 0 aliphatic rings. The Morgan fingerprint density at radius 2 is 2.38 bits per heavy atom. The Morgan fingerprint density at radius 3 is 3.00 bits per heavy atom. The number of pyridine rings is 1. The van der Waals surface area contributed by atoms with Gasteiger partial charge in [0.25, 0.3) is 5.88 Å². The lowest BCUT2D eigenvalue weighted by Crippen LogP contribution is -2.09. The average Bonchev–Trinajstić information content (AvgIpc) is 2.77. The number of hydrogen-bond acceptors (Lipinski definition) is 5. The molecule has 1 N–H and O–H groups in total. The highest BCUT2D eigenvalue weighted by molar-refractivity contribution is 5.89. The van der Waals surface area contributed by atoms with Crippen LogP contribution in [0, 0.1) is 0 Å². The van der Waals surface area contributed by atoms with Gasteiger partial charge in [-0.15, -0.1) is 9.90 Å². The van der Waals surface area contributed by atoms with Gasteiger partial charge >= 0.3 is 5.97 Å². The van der Waals surface area contributed by atoms with Crippen LogP contribution in [-0.2, 0) is 0 Å². The van der Waals surface area contributed by atoms with Gasteiger partial charge < -0.3 is 9.84 Å². The fourth-order valence-electron chi connectivity index (χ4n) is 1.18. The molecule has 2 aromatic heterocycles. The standard InChI is InChI=1S/C9H8N4O3/c1-16-7-5-11-13(12-7)6-3-2-4-10-8(6)9(14)15/h2-5H,1H3,(H,14,15). The molecule has 2 heterocycles. The van der Waals surface area contributed by atoms with Crippen molar-refractivity contribution in [3.63, 3.8) is 0 Å². The van der Waals surface area contributed by atoms with Gasteiger partial charge in [0.1, 0.15) is 11.9 Å². The van der Waals surface area contributed by atoms with E-state index < -0.39 is 5.97 Å². The summed E-state index contributed by atoms with van der Waals surface area (Å²) in [6, 6.07) is 3.17. The molecule has 0 spiro atoms. The van der Waals surface area contributed by atoms with E-state index in [4.69, 9.17) is 9.84 Å². The molecule has 82 valence electrons. The zero-order valence-electron chi connectivity index (χ0n) is 8.36. The molecule has 2 aromatic rings. The Kier molecular flexibility index (Phi) is 2.50. The number of carbonyl (C=O) groups is 1. The summed E-state index contributed by atoms with van der Waals surface area (Å²) >= 11 is 0. The lowest BCUT2D eigenvalue weighted by Gasteiger charge is -2.02. The fourth-order valence-corrected chi connectivity index (χ4v) is 1.18. The zero-order valence-corrected chi connectivity index (χ0v) is 8.36. The smallest absolute Gasteiger partial charge is 0.356 e. The number of aromatic carboxylic acids is 1. The van der Waals surface area contributed by atoms with Crippen molar-refractivity contribution in [3.05, 3.63) is 30.2 Å². The molecule has 0 unspecified atom stereocenters. The molecule has 0 aliphatic carbocycles. The minimum Gasteiger partial charge on any atom is -0.479 e. The summed E-state index contributed by atoms with van der Waals surface area (Å²) in [4.78, 5) is 15.8. The highest BCUT2D eigenvalue weighted by atomic mass is 16.5. The summed E-state index contributed by atoms with van der Waals surface area (Å²) in [6.45, 7) is 0. The van der Waals surface area contributed by atoms with Gasteiger partial charge in [0.2, 0.25) is 0 Å². The molecule has 0 atom stereocenters. The second-order valence-electron chi connectivity index (χ2n) is 2.85. The largest absolute Gasteiger partial charge is 0.479 e. The lowest BCUT2D eigenvalue weighted by molar-refractivity contribution is 0.0690. The Morgan fingerprint density at radius 1 is 1.56 bits per heavy atom. The van der Waals surface area contributed by atoms with Gasteiger partial charge in [0.15, 0.2) is 5.69 Å². The maximum absolute atomic E-state index is 10.9. The Labute approximate surface area is 90.3 Å². The molecule has 0 saturated heterocycles. The van der Waals surface area contributed by atoms with E-state index in [9.17, 15) is 4.79 Å². The first-order valence-electron chi connectivity index (χ1n) is 4.37. The molecule has 16 heavy (non-hydrogen) atoms. The molecule has 0 bridgehead atoms. The third-order valence-corrected chi connectivity index (χ3v) is 1.88. The molecular weight excluding hydrogens is 212 g/mol. The summed E-state index contributed by atoms with van der Waals surface area (Å²) in [5.74, 6) is -0.827. The summed E-state index contributed by atoms with van der Waals surface area (Å²) in [5, 5.41) is 16.7. The number of rotatable bonds is 3. The SMILES string of the molecule is COc1cnn(-c2cccnc2C(=O)O)n1.